The van der Waals surface area contributed by atoms with Gasteiger partial charge in [-0.15, -0.1) is 0 Å². The highest BCUT2D eigenvalue weighted by Gasteiger charge is 2.62. The highest BCUT2D eigenvalue weighted by molar-refractivity contribution is 6.20. The number of piperazine rings is 1. The molecule has 2 saturated heterocycles. The predicted molar refractivity (Wildman–Crippen MR) is 130 cm³/mol. The van der Waals surface area contributed by atoms with Crippen LogP contribution in [0.15, 0.2) is 42.5 Å². The Labute approximate surface area is 204 Å². The Hall–Kier alpha value is -3.59. The van der Waals surface area contributed by atoms with Crippen LogP contribution in [0.25, 0.3) is 0 Å². The summed E-state index contributed by atoms with van der Waals surface area (Å²) < 4.78 is 10.7. The number of para-hydroxylation sites is 1. The summed E-state index contributed by atoms with van der Waals surface area (Å²) in [6.07, 6.45) is 0.692. The van der Waals surface area contributed by atoms with E-state index in [4.69, 9.17) is 9.47 Å². The quantitative estimate of drug-likeness (QED) is 0.654. The van der Waals surface area contributed by atoms with Crippen LogP contribution in [-0.4, -0.2) is 81.1 Å². The minimum atomic E-state index is -1.37. The molecule has 2 fully saturated rings. The lowest BCUT2D eigenvalue weighted by atomic mass is 9.67. The molecule has 0 unspecified atom stereocenters. The van der Waals surface area contributed by atoms with Crippen molar-refractivity contribution in [1.29, 1.82) is 0 Å². The Morgan fingerprint density at radius 1 is 1.03 bits per heavy atom. The number of likely N-dealkylation sites (N-methyl/N-ethyl adjacent to an activating group) is 1. The van der Waals surface area contributed by atoms with Gasteiger partial charge in [0.05, 0.1) is 20.3 Å². The molecule has 4 amide bonds. The maximum atomic E-state index is 14.1. The van der Waals surface area contributed by atoms with Crippen molar-refractivity contribution in [2.24, 2.45) is 5.41 Å². The van der Waals surface area contributed by atoms with E-state index < -0.39 is 23.3 Å². The lowest BCUT2D eigenvalue weighted by Gasteiger charge is -2.55. The summed E-state index contributed by atoms with van der Waals surface area (Å²) in [5.74, 6) is 0.256. The Balaban J connectivity index is 1.47. The van der Waals surface area contributed by atoms with E-state index in [-0.39, 0.29) is 19.0 Å². The van der Waals surface area contributed by atoms with Crippen molar-refractivity contribution in [3.05, 3.63) is 53.6 Å². The lowest BCUT2D eigenvalue weighted by Crippen LogP contribution is -2.75. The molecular formula is C26H30N4O5. The highest BCUT2D eigenvalue weighted by Crippen LogP contribution is 2.45. The molecule has 9 nitrogen and oxygen atoms in total. The maximum Gasteiger partial charge on any atom is 0.330 e. The van der Waals surface area contributed by atoms with Crippen LogP contribution >= 0.6 is 0 Å². The van der Waals surface area contributed by atoms with Gasteiger partial charge in [-0.05, 0) is 49.2 Å². The van der Waals surface area contributed by atoms with E-state index >= 15 is 0 Å². The van der Waals surface area contributed by atoms with E-state index in [1.165, 1.54) is 4.90 Å². The number of barbiturate groups is 1. The van der Waals surface area contributed by atoms with Crippen molar-refractivity contribution in [2.45, 2.75) is 18.9 Å². The molecule has 0 saturated carbocycles. The first-order chi connectivity index (χ1) is 16.9. The summed E-state index contributed by atoms with van der Waals surface area (Å²) in [4.78, 5) is 46.0. The van der Waals surface area contributed by atoms with Gasteiger partial charge in [0.15, 0.2) is 16.9 Å². The number of amides is 4. The van der Waals surface area contributed by atoms with Gasteiger partial charge in [-0.2, -0.15) is 0 Å². The lowest BCUT2D eigenvalue weighted by molar-refractivity contribution is -0.154. The zero-order valence-electron chi connectivity index (χ0n) is 20.2. The van der Waals surface area contributed by atoms with Gasteiger partial charge in [-0.25, -0.2) is 4.79 Å². The summed E-state index contributed by atoms with van der Waals surface area (Å²) in [5, 5.41) is 2.51. The number of nitrogens with one attached hydrogen (secondary N) is 1. The number of fused-ring (bicyclic) bond motifs is 4. The molecule has 5 rings (SSSR count). The molecule has 3 aliphatic heterocycles. The van der Waals surface area contributed by atoms with Crippen molar-refractivity contribution in [1.82, 2.24) is 15.1 Å². The van der Waals surface area contributed by atoms with E-state index in [0.717, 1.165) is 23.4 Å². The molecule has 3 aliphatic rings. The second kappa shape index (κ2) is 8.88. The summed E-state index contributed by atoms with van der Waals surface area (Å²) in [5.41, 5.74) is 1.54. The summed E-state index contributed by atoms with van der Waals surface area (Å²) in [6.45, 7) is 2.25. The van der Waals surface area contributed by atoms with Crippen molar-refractivity contribution >= 4 is 23.5 Å². The Kier molecular flexibility index (Phi) is 5.88. The molecule has 2 aromatic rings. The number of hydrogen-bond donors (Lipinski definition) is 1. The molecule has 1 spiro atoms. The first kappa shape index (κ1) is 23.2. The molecule has 35 heavy (non-hydrogen) atoms. The first-order valence-corrected chi connectivity index (χ1v) is 11.8. The molecule has 0 radical (unpaired) electrons. The molecule has 9 heteroatoms. The molecule has 1 N–H and O–H groups in total. The van der Waals surface area contributed by atoms with Crippen LogP contribution in [0.3, 0.4) is 0 Å². The second-order valence-corrected chi connectivity index (χ2v) is 9.40. The number of nitrogens with zero attached hydrogens (tertiary/aromatic N) is 3. The predicted octanol–water partition coefficient (Wildman–Crippen LogP) is 1.69. The molecule has 0 bridgehead atoms. The number of benzene rings is 2. The van der Waals surface area contributed by atoms with Gasteiger partial charge in [0, 0.05) is 31.9 Å². The Morgan fingerprint density at radius 2 is 1.80 bits per heavy atom. The molecule has 2 aromatic carbocycles. The van der Waals surface area contributed by atoms with Crippen molar-refractivity contribution in [2.75, 3.05) is 52.3 Å². The van der Waals surface area contributed by atoms with E-state index in [1.54, 1.807) is 20.3 Å². The van der Waals surface area contributed by atoms with Gasteiger partial charge in [0.25, 0.3) is 0 Å². The van der Waals surface area contributed by atoms with Gasteiger partial charge >= 0.3 is 6.03 Å². The summed E-state index contributed by atoms with van der Waals surface area (Å²) in [6, 6.07) is 12.4. The van der Waals surface area contributed by atoms with Crippen molar-refractivity contribution in [3.8, 4) is 11.5 Å². The molecular weight excluding hydrogens is 448 g/mol. The number of carbonyl (C=O) groups excluding carboxylic acids is 3. The van der Waals surface area contributed by atoms with E-state index in [9.17, 15) is 14.4 Å². The topological polar surface area (TPSA) is 91.4 Å². The van der Waals surface area contributed by atoms with Gasteiger partial charge in [0.1, 0.15) is 0 Å². The number of rotatable bonds is 5. The fourth-order valence-corrected chi connectivity index (χ4v) is 5.62. The monoisotopic (exact) mass is 478 g/mol. The molecule has 3 heterocycles. The van der Waals surface area contributed by atoms with Crippen LogP contribution in [-0.2, 0) is 22.4 Å². The van der Waals surface area contributed by atoms with E-state index in [1.807, 2.05) is 43.4 Å². The maximum absolute atomic E-state index is 14.1. The number of carbonyl (C=O) groups is 3. The van der Waals surface area contributed by atoms with Crippen LogP contribution in [0.4, 0.5) is 10.5 Å². The smallest absolute Gasteiger partial charge is 0.330 e. The zero-order valence-corrected chi connectivity index (χ0v) is 20.2. The van der Waals surface area contributed by atoms with Crippen LogP contribution in [0.5, 0.6) is 11.5 Å². The van der Waals surface area contributed by atoms with Gasteiger partial charge in [0.2, 0.25) is 11.8 Å². The minimum absolute atomic E-state index is 0.152. The van der Waals surface area contributed by atoms with Crippen LogP contribution in [0.2, 0.25) is 0 Å². The Bertz CT molecular complexity index is 1180. The fraction of sp³-hybridized carbons (Fsp3) is 0.423. The van der Waals surface area contributed by atoms with E-state index in [2.05, 4.69) is 15.1 Å². The van der Waals surface area contributed by atoms with Gasteiger partial charge in [-0.3, -0.25) is 19.8 Å². The molecule has 0 aromatic heterocycles. The van der Waals surface area contributed by atoms with Crippen molar-refractivity contribution < 1.29 is 23.9 Å². The van der Waals surface area contributed by atoms with Crippen molar-refractivity contribution in [3.63, 3.8) is 0 Å². The average Bonchev–Trinajstić information content (AvgIpc) is 2.87. The largest absolute Gasteiger partial charge is 0.493 e. The number of methoxy groups -OCH3 is 2. The third-order valence-corrected chi connectivity index (χ3v) is 7.49. The van der Waals surface area contributed by atoms with Crippen LogP contribution < -0.4 is 19.7 Å². The minimum Gasteiger partial charge on any atom is -0.493 e. The molecule has 2 atom stereocenters. The molecule has 184 valence electrons. The normalized spacial score (nSPS) is 24.2. The van der Waals surface area contributed by atoms with Crippen LogP contribution in [0.1, 0.15) is 11.1 Å². The Morgan fingerprint density at radius 3 is 2.57 bits per heavy atom. The molecule has 0 aliphatic carbocycles. The number of ether oxygens (including phenoxy) is 2. The summed E-state index contributed by atoms with van der Waals surface area (Å²) in [7, 11) is 5.13. The number of hydrogen-bond acceptors (Lipinski definition) is 7. The van der Waals surface area contributed by atoms with Gasteiger partial charge in [-0.1, -0.05) is 24.3 Å². The number of anilines is 1. The third kappa shape index (κ3) is 3.70. The van der Waals surface area contributed by atoms with E-state index in [0.29, 0.717) is 31.0 Å². The fourth-order valence-electron chi connectivity index (χ4n) is 5.62. The van der Waals surface area contributed by atoms with Crippen LogP contribution in [0, 0.1) is 5.41 Å². The highest BCUT2D eigenvalue weighted by atomic mass is 16.5. The number of urea groups is 1. The standard InChI is InChI=1S/C26H30N4O5/c1-28-12-13-29-19-7-5-4-6-18(19)15-26(22(29)16-28)23(31)27-25(33)30(24(26)32)11-10-17-8-9-20(34-2)21(14-17)35-3/h4-9,14,22H,10-13,15-16H2,1-3H3,(H,27,31,33)/t22-,26+/m0/s1. The first-order valence-electron chi connectivity index (χ1n) is 11.8. The van der Waals surface area contributed by atoms with Gasteiger partial charge < -0.3 is 19.3 Å². The second-order valence-electron chi connectivity index (χ2n) is 9.40. The SMILES string of the molecule is COc1ccc(CCN2C(=O)NC(=O)[C@]3(Cc4ccccc4N4CCN(C)C[C@H]43)C2=O)cc1OC. The zero-order chi connectivity index (χ0) is 24.7. The number of imide groups is 2. The summed E-state index contributed by atoms with van der Waals surface area (Å²) >= 11 is 0. The average molecular weight is 479 g/mol. The third-order valence-electron chi connectivity index (χ3n) is 7.49.